The number of amides is 1. The maximum absolute atomic E-state index is 12.7. The van der Waals surface area contributed by atoms with Crippen LogP contribution in [0.2, 0.25) is 5.02 Å². The Labute approximate surface area is 176 Å². The topological polar surface area (TPSA) is 81.7 Å². The molecule has 1 N–H and O–H groups in total. The maximum atomic E-state index is 12.7. The Morgan fingerprint density at radius 3 is 2.24 bits per heavy atom. The first kappa shape index (κ1) is 20.6. The zero-order chi connectivity index (χ0) is 21.0. The van der Waals surface area contributed by atoms with Crippen LogP contribution in [-0.4, -0.2) is 32.1 Å². The van der Waals surface area contributed by atoms with E-state index in [0.29, 0.717) is 15.6 Å². The number of thiophene rings is 1. The van der Waals surface area contributed by atoms with Crippen LogP contribution in [0, 0.1) is 0 Å². The Morgan fingerprint density at radius 1 is 0.931 bits per heavy atom. The van der Waals surface area contributed by atoms with Crippen molar-refractivity contribution in [3.8, 4) is 11.1 Å². The Balaban J connectivity index is 1.95. The quantitative estimate of drug-likeness (QED) is 0.583. The SMILES string of the molecule is COC(=O)c1cccc(C(=O)Nc2scc(-c3ccc(Cl)cc3)c2C(=O)OC)c1. The van der Waals surface area contributed by atoms with Crippen LogP contribution < -0.4 is 5.32 Å². The summed E-state index contributed by atoms with van der Waals surface area (Å²) in [6, 6.07) is 13.1. The van der Waals surface area contributed by atoms with E-state index in [-0.39, 0.29) is 16.7 Å². The lowest BCUT2D eigenvalue weighted by atomic mass is 10.0. The molecule has 0 spiro atoms. The summed E-state index contributed by atoms with van der Waals surface area (Å²) in [4.78, 5) is 36.8. The van der Waals surface area contributed by atoms with E-state index in [4.69, 9.17) is 16.3 Å². The van der Waals surface area contributed by atoms with E-state index >= 15 is 0 Å². The van der Waals surface area contributed by atoms with Crippen LogP contribution in [0.25, 0.3) is 11.1 Å². The summed E-state index contributed by atoms with van der Waals surface area (Å²) in [6.07, 6.45) is 0. The zero-order valence-corrected chi connectivity index (χ0v) is 17.1. The highest BCUT2D eigenvalue weighted by Gasteiger charge is 2.23. The zero-order valence-electron chi connectivity index (χ0n) is 15.5. The van der Waals surface area contributed by atoms with Gasteiger partial charge in [-0.05, 0) is 35.9 Å². The number of methoxy groups -OCH3 is 2. The first-order chi connectivity index (χ1) is 13.9. The number of esters is 2. The van der Waals surface area contributed by atoms with Gasteiger partial charge in [0.25, 0.3) is 5.91 Å². The van der Waals surface area contributed by atoms with Crippen LogP contribution >= 0.6 is 22.9 Å². The van der Waals surface area contributed by atoms with Crippen LogP contribution in [0.15, 0.2) is 53.9 Å². The lowest BCUT2D eigenvalue weighted by Crippen LogP contribution is -2.15. The number of ether oxygens (including phenoxy) is 2. The van der Waals surface area contributed by atoms with E-state index in [1.807, 2.05) is 0 Å². The molecule has 0 saturated heterocycles. The van der Waals surface area contributed by atoms with Gasteiger partial charge in [-0.3, -0.25) is 4.79 Å². The fraction of sp³-hybridized carbons (Fsp3) is 0.0952. The van der Waals surface area contributed by atoms with Gasteiger partial charge in [0.2, 0.25) is 0 Å². The predicted octanol–water partition coefficient (Wildman–Crippen LogP) is 4.89. The van der Waals surface area contributed by atoms with Crippen molar-refractivity contribution >= 4 is 45.8 Å². The van der Waals surface area contributed by atoms with E-state index in [1.165, 1.54) is 31.6 Å². The van der Waals surface area contributed by atoms with Crippen molar-refractivity contribution in [2.45, 2.75) is 0 Å². The number of hydrogen-bond acceptors (Lipinski definition) is 6. The minimum atomic E-state index is -0.574. The van der Waals surface area contributed by atoms with Crippen molar-refractivity contribution in [3.63, 3.8) is 0 Å². The molecule has 0 bridgehead atoms. The molecule has 0 radical (unpaired) electrons. The second-order valence-electron chi connectivity index (χ2n) is 5.88. The average Bonchev–Trinajstić information content (AvgIpc) is 3.16. The molecule has 0 aliphatic carbocycles. The third-order valence-corrected chi connectivity index (χ3v) is 5.26. The van der Waals surface area contributed by atoms with Crippen LogP contribution in [0.3, 0.4) is 0 Å². The summed E-state index contributed by atoms with van der Waals surface area (Å²) >= 11 is 7.14. The molecule has 0 saturated carbocycles. The number of hydrogen-bond donors (Lipinski definition) is 1. The standard InChI is InChI=1S/C21H16ClNO5S/c1-27-20(25)14-5-3-4-13(10-14)18(24)23-19-17(21(26)28-2)16(11-29-19)12-6-8-15(22)9-7-12/h3-11H,1-2H3,(H,23,24). The second kappa shape index (κ2) is 8.89. The lowest BCUT2D eigenvalue weighted by Gasteiger charge is -2.08. The van der Waals surface area contributed by atoms with Gasteiger partial charge in [-0.15, -0.1) is 11.3 Å². The van der Waals surface area contributed by atoms with Crippen LogP contribution in [-0.2, 0) is 9.47 Å². The molecule has 1 amide bonds. The Hall–Kier alpha value is -3.16. The summed E-state index contributed by atoms with van der Waals surface area (Å²) < 4.78 is 9.58. The molecule has 2 aromatic carbocycles. The molecule has 0 fully saturated rings. The van der Waals surface area contributed by atoms with Crippen LogP contribution in [0.1, 0.15) is 31.1 Å². The van der Waals surface area contributed by atoms with Gasteiger partial charge in [0, 0.05) is 21.5 Å². The van der Waals surface area contributed by atoms with Crippen LogP contribution in [0.5, 0.6) is 0 Å². The molecule has 148 valence electrons. The molecule has 0 aliphatic rings. The molecule has 1 heterocycles. The molecule has 0 unspecified atom stereocenters. The van der Waals surface area contributed by atoms with Crippen molar-refractivity contribution in [1.29, 1.82) is 0 Å². The van der Waals surface area contributed by atoms with Gasteiger partial charge in [-0.1, -0.05) is 29.8 Å². The van der Waals surface area contributed by atoms with Gasteiger partial charge in [0.05, 0.1) is 19.8 Å². The summed E-state index contributed by atoms with van der Waals surface area (Å²) in [5.74, 6) is -1.59. The second-order valence-corrected chi connectivity index (χ2v) is 7.19. The number of anilines is 1. The summed E-state index contributed by atoms with van der Waals surface area (Å²) in [7, 11) is 2.54. The first-order valence-electron chi connectivity index (χ1n) is 8.40. The molecular weight excluding hydrogens is 414 g/mol. The first-order valence-corrected chi connectivity index (χ1v) is 9.65. The number of halogens is 1. The Kier molecular flexibility index (Phi) is 6.31. The van der Waals surface area contributed by atoms with E-state index in [9.17, 15) is 14.4 Å². The molecular formula is C21H16ClNO5S. The van der Waals surface area contributed by atoms with Gasteiger partial charge in [0.1, 0.15) is 10.6 Å². The Morgan fingerprint density at radius 2 is 1.59 bits per heavy atom. The van der Waals surface area contributed by atoms with E-state index in [0.717, 1.165) is 5.56 Å². The minimum Gasteiger partial charge on any atom is -0.465 e. The fourth-order valence-corrected chi connectivity index (χ4v) is 3.76. The van der Waals surface area contributed by atoms with Crippen molar-refractivity contribution < 1.29 is 23.9 Å². The molecule has 0 aliphatic heterocycles. The molecule has 0 atom stereocenters. The smallest absolute Gasteiger partial charge is 0.341 e. The highest BCUT2D eigenvalue weighted by molar-refractivity contribution is 7.15. The van der Waals surface area contributed by atoms with E-state index < -0.39 is 17.8 Å². The highest BCUT2D eigenvalue weighted by atomic mass is 35.5. The van der Waals surface area contributed by atoms with Crippen LogP contribution in [0.4, 0.5) is 5.00 Å². The van der Waals surface area contributed by atoms with Gasteiger partial charge in [0.15, 0.2) is 0 Å². The fourth-order valence-electron chi connectivity index (χ4n) is 2.68. The molecule has 1 aromatic heterocycles. The normalized spacial score (nSPS) is 10.3. The number of nitrogens with one attached hydrogen (secondary N) is 1. The largest absolute Gasteiger partial charge is 0.465 e. The third kappa shape index (κ3) is 4.47. The Bertz CT molecular complexity index is 1070. The van der Waals surface area contributed by atoms with Crippen molar-refractivity contribution in [1.82, 2.24) is 0 Å². The maximum Gasteiger partial charge on any atom is 0.341 e. The van der Waals surface area contributed by atoms with Gasteiger partial charge >= 0.3 is 11.9 Å². The molecule has 29 heavy (non-hydrogen) atoms. The minimum absolute atomic E-state index is 0.247. The predicted molar refractivity (Wildman–Crippen MR) is 112 cm³/mol. The van der Waals surface area contributed by atoms with Gasteiger partial charge in [-0.2, -0.15) is 0 Å². The number of carbonyl (C=O) groups excluding carboxylic acids is 3. The molecule has 8 heteroatoms. The average molecular weight is 430 g/mol. The monoisotopic (exact) mass is 429 g/mol. The van der Waals surface area contributed by atoms with Gasteiger partial charge < -0.3 is 14.8 Å². The van der Waals surface area contributed by atoms with E-state index in [2.05, 4.69) is 10.1 Å². The van der Waals surface area contributed by atoms with Crippen molar-refractivity contribution in [3.05, 3.63) is 75.6 Å². The number of carbonyl (C=O) groups is 3. The van der Waals surface area contributed by atoms with Crippen molar-refractivity contribution in [2.75, 3.05) is 19.5 Å². The number of benzene rings is 2. The molecule has 3 aromatic rings. The molecule has 6 nitrogen and oxygen atoms in total. The lowest BCUT2D eigenvalue weighted by molar-refractivity contribution is 0.0593. The molecule has 3 rings (SSSR count). The summed E-state index contributed by atoms with van der Waals surface area (Å²) in [5, 5.41) is 5.40. The summed E-state index contributed by atoms with van der Waals surface area (Å²) in [5.41, 5.74) is 2.14. The van der Waals surface area contributed by atoms with Gasteiger partial charge in [-0.25, -0.2) is 9.59 Å². The summed E-state index contributed by atoms with van der Waals surface area (Å²) in [6.45, 7) is 0. The highest BCUT2D eigenvalue weighted by Crippen LogP contribution is 2.36. The van der Waals surface area contributed by atoms with Crippen molar-refractivity contribution in [2.24, 2.45) is 0 Å². The van der Waals surface area contributed by atoms with E-state index in [1.54, 1.807) is 47.8 Å². The number of rotatable bonds is 5. The third-order valence-electron chi connectivity index (χ3n) is 4.11.